The van der Waals surface area contributed by atoms with Gasteiger partial charge in [-0.3, -0.25) is 0 Å². The maximum atomic E-state index is 2.29. The Balaban J connectivity index is 1.96. The van der Waals surface area contributed by atoms with Crippen molar-refractivity contribution >= 4 is 5.57 Å². The molecule has 3 rings (SSSR count). The summed E-state index contributed by atoms with van der Waals surface area (Å²) < 4.78 is 0. The van der Waals surface area contributed by atoms with Gasteiger partial charge in [0.2, 0.25) is 0 Å². The highest BCUT2D eigenvalue weighted by Gasteiger charge is 2.10. The molecule has 0 aliphatic heterocycles. The predicted octanol–water partition coefficient (Wildman–Crippen LogP) is 5.03. The smallest absolute Gasteiger partial charge is 0.00578 e. The van der Waals surface area contributed by atoms with Gasteiger partial charge in [-0.1, -0.05) is 78.4 Å². The summed E-state index contributed by atoms with van der Waals surface area (Å²) in [7, 11) is 0. The summed E-state index contributed by atoms with van der Waals surface area (Å²) in [5.74, 6) is 0. The van der Waals surface area contributed by atoms with Gasteiger partial charge in [0.1, 0.15) is 0 Å². The molecule has 1 aliphatic rings. The van der Waals surface area contributed by atoms with E-state index in [9.17, 15) is 0 Å². The molecular weight excluding hydrogens is 228 g/mol. The fourth-order valence-corrected chi connectivity index (χ4v) is 2.66. The minimum absolute atomic E-state index is 1.06. The number of benzene rings is 2. The SMILES string of the molecule is C1=CC(c2ccccc2)=C(Cc2ccccc2)CC1. The van der Waals surface area contributed by atoms with Crippen LogP contribution < -0.4 is 0 Å². The molecule has 2 aromatic carbocycles. The van der Waals surface area contributed by atoms with Gasteiger partial charge in [-0.2, -0.15) is 0 Å². The number of hydrogen-bond donors (Lipinski definition) is 0. The molecule has 0 unspecified atom stereocenters. The highest BCUT2D eigenvalue weighted by atomic mass is 14.1. The van der Waals surface area contributed by atoms with Crippen LogP contribution >= 0.6 is 0 Å². The highest BCUT2D eigenvalue weighted by Crippen LogP contribution is 2.29. The van der Waals surface area contributed by atoms with Crippen LogP contribution in [0.1, 0.15) is 24.0 Å². The molecule has 0 atom stereocenters. The Bertz CT molecular complexity index is 588. The van der Waals surface area contributed by atoms with E-state index in [1.165, 1.54) is 29.5 Å². The van der Waals surface area contributed by atoms with Gasteiger partial charge in [0, 0.05) is 0 Å². The highest BCUT2D eigenvalue weighted by molar-refractivity contribution is 5.77. The molecule has 94 valence electrons. The zero-order valence-electron chi connectivity index (χ0n) is 11.0. The van der Waals surface area contributed by atoms with Crippen LogP contribution in [-0.2, 0) is 6.42 Å². The fourth-order valence-electron chi connectivity index (χ4n) is 2.66. The fraction of sp³-hybridized carbons (Fsp3) is 0.158. The van der Waals surface area contributed by atoms with Crippen molar-refractivity contribution < 1.29 is 0 Å². The van der Waals surface area contributed by atoms with Crippen molar-refractivity contribution in [1.82, 2.24) is 0 Å². The van der Waals surface area contributed by atoms with E-state index in [0.717, 1.165) is 6.42 Å². The van der Waals surface area contributed by atoms with Crippen molar-refractivity contribution in [1.29, 1.82) is 0 Å². The van der Waals surface area contributed by atoms with Crippen molar-refractivity contribution in [2.45, 2.75) is 19.3 Å². The minimum atomic E-state index is 1.06. The van der Waals surface area contributed by atoms with Gasteiger partial charge in [0.25, 0.3) is 0 Å². The van der Waals surface area contributed by atoms with Crippen LogP contribution in [0.5, 0.6) is 0 Å². The largest absolute Gasteiger partial charge is 0.0836 e. The first-order valence-corrected chi connectivity index (χ1v) is 6.91. The molecule has 0 aromatic heterocycles. The molecule has 0 radical (unpaired) electrons. The van der Waals surface area contributed by atoms with E-state index in [1.54, 1.807) is 5.57 Å². The van der Waals surface area contributed by atoms with Gasteiger partial charge in [0.05, 0.1) is 0 Å². The number of allylic oxidation sites excluding steroid dienone is 4. The summed E-state index contributed by atoms with van der Waals surface area (Å²) in [5, 5.41) is 0. The molecule has 19 heavy (non-hydrogen) atoms. The summed E-state index contributed by atoms with van der Waals surface area (Å²) in [6.45, 7) is 0. The second-order valence-corrected chi connectivity index (χ2v) is 4.99. The Kier molecular flexibility index (Phi) is 3.60. The average molecular weight is 246 g/mol. The van der Waals surface area contributed by atoms with Crippen LogP contribution in [0.15, 0.2) is 78.4 Å². The van der Waals surface area contributed by atoms with E-state index >= 15 is 0 Å². The maximum Gasteiger partial charge on any atom is -0.00578 e. The van der Waals surface area contributed by atoms with Gasteiger partial charge in [0.15, 0.2) is 0 Å². The van der Waals surface area contributed by atoms with Crippen LogP contribution in [0.2, 0.25) is 0 Å². The van der Waals surface area contributed by atoms with Crippen LogP contribution in [0, 0.1) is 0 Å². The Morgan fingerprint density at radius 1 is 0.789 bits per heavy atom. The molecule has 0 heteroatoms. The quantitative estimate of drug-likeness (QED) is 0.712. The van der Waals surface area contributed by atoms with Crippen molar-refractivity contribution in [2.75, 3.05) is 0 Å². The molecular formula is C19H18. The van der Waals surface area contributed by atoms with E-state index in [-0.39, 0.29) is 0 Å². The molecule has 0 spiro atoms. The van der Waals surface area contributed by atoms with Gasteiger partial charge in [-0.15, -0.1) is 0 Å². The first kappa shape index (κ1) is 12.0. The molecule has 0 nitrogen and oxygen atoms in total. The van der Waals surface area contributed by atoms with Crippen molar-refractivity contribution in [3.8, 4) is 0 Å². The zero-order valence-corrected chi connectivity index (χ0v) is 11.0. The van der Waals surface area contributed by atoms with Gasteiger partial charge in [-0.25, -0.2) is 0 Å². The molecule has 0 amide bonds. The molecule has 2 aromatic rings. The summed E-state index contributed by atoms with van der Waals surface area (Å²) in [4.78, 5) is 0. The standard InChI is InChI=1S/C19H18/c1-3-9-16(10-4-1)15-18-13-7-8-14-19(18)17-11-5-2-6-12-17/h1-6,8-12,14H,7,13,15H2. The summed E-state index contributed by atoms with van der Waals surface area (Å²) >= 11 is 0. The molecule has 0 bridgehead atoms. The molecule has 0 N–H and O–H groups in total. The third-order valence-electron chi connectivity index (χ3n) is 3.62. The van der Waals surface area contributed by atoms with Crippen LogP contribution in [-0.4, -0.2) is 0 Å². The molecule has 0 saturated heterocycles. The van der Waals surface area contributed by atoms with E-state index in [0.29, 0.717) is 0 Å². The Morgan fingerprint density at radius 2 is 1.47 bits per heavy atom. The lowest BCUT2D eigenvalue weighted by Crippen LogP contribution is -1.98. The monoisotopic (exact) mass is 246 g/mol. The van der Waals surface area contributed by atoms with E-state index in [4.69, 9.17) is 0 Å². The van der Waals surface area contributed by atoms with Crippen LogP contribution in [0.4, 0.5) is 0 Å². The van der Waals surface area contributed by atoms with Gasteiger partial charge < -0.3 is 0 Å². The molecule has 0 fully saturated rings. The number of hydrogen-bond acceptors (Lipinski definition) is 0. The van der Waals surface area contributed by atoms with Crippen molar-refractivity contribution in [3.63, 3.8) is 0 Å². The second kappa shape index (κ2) is 5.71. The summed E-state index contributed by atoms with van der Waals surface area (Å²) in [6.07, 6.45) is 7.98. The predicted molar refractivity (Wildman–Crippen MR) is 81.9 cm³/mol. The normalized spacial score (nSPS) is 14.7. The first-order chi connectivity index (χ1) is 9.43. The van der Waals surface area contributed by atoms with Crippen LogP contribution in [0.25, 0.3) is 5.57 Å². The second-order valence-electron chi connectivity index (χ2n) is 4.99. The Labute approximate surface area is 115 Å². The number of rotatable bonds is 3. The van der Waals surface area contributed by atoms with E-state index in [2.05, 4.69) is 72.8 Å². The summed E-state index contributed by atoms with van der Waals surface area (Å²) in [6, 6.07) is 21.5. The Hall–Kier alpha value is -2.08. The Morgan fingerprint density at radius 3 is 2.21 bits per heavy atom. The summed E-state index contributed by atoms with van der Waals surface area (Å²) in [5.41, 5.74) is 5.71. The van der Waals surface area contributed by atoms with E-state index < -0.39 is 0 Å². The van der Waals surface area contributed by atoms with Crippen LogP contribution in [0.3, 0.4) is 0 Å². The van der Waals surface area contributed by atoms with E-state index in [1.807, 2.05) is 0 Å². The molecule has 0 heterocycles. The van der Waals surface area contributed by atoms with Crippen molar-refractivity contribution in [3.05, 3.63) is 89.5 Å². The maximum absolute atomic E-state index is 2.29. The van der Waals surface area contributed by atoms with Gasteiger partial charge in [-0.05, 0) is 36.0 Å². The third-order valence-corrected chi connectivity index (χ3v) is 3.62. The third kappa shape index (κ3) is 2.85. The lowest BCUT2D eigenvalue weighted by molar-refractivity contribution is 0.917. The topological polar surface area (TPSA) is 0 Å². The lowest BCUT2D eigenvalue weighted by Gasteiger charge is -2.16. The minimum Gasteiger partial charge on any atom is -0.0836 e. The lowest BCUT2D eigenvalue weighted by atomic mass is 9.88. The van der Waals surface area contributed by atoms with Crippen molar-refractivity contribution in [2.24, 2.45) is 0 Å². The zero-order chi connectivity index (χ0) is 12.9. The van der Waals surface area contributed by atoms with Gasteiger partial charge >= 0.3 is 0 Å². The first-order valence-electron chi connectivity index (χ1n) is 6.91. The molecule has 1 aliphatic carbocycles. The average Bonchev–Trinajstić information content (AvgIpc) is 2.50. The molecule has 0 saturated carbocycles.